The zero-order valence-corrected chi connectivity index (χ0v) is 47.7. The molecule has 29 heteroatoms. The van der Waals surface area contributed by atoms with Crippen LogP contribution in [0.25, 0.3) is 51.5 Å². The van der Waals surface area contributed by atoms with Crippen LogP contribution in [0, 0.1) is 29.3 Å². The number of likely N-dealkylation sites (tertiary alicyclic amines) is 1. The topological polar surface area (TPSA) is 293 Å². The Balaban J connectivity index is 0.000000152. The van der Waals surface area contributed by atoms with Crippen LogP contribution in [-0.4, -0.2) is 145 Å². The van der Waals surface area contributed by atoms with Crippen molar-refractivity contribution in [3.63, 3.8) is 0 Å². The number of imidazole rings is 3. The third kappa shape index (κ3) is 13.8. The fourth-order valence-corrected chi connectivity index (χ4v) is 11.7. The largest absolute Gasteiger partial charge is 0.444 e. The van der Waals surface area contributed by atoms with Gasteiger partial charge in [0.25, 0.3) is 5.56 Å². The first-order valence-electron chi connectivity index (χ1n) is 25.7. The van der Waals surface area contributed by atoms with E-state index in [1.54, 1.807) is 21.6 Å². The standard InChI is InChI=1S/C23H28FN5O4S.C18H20FN5O2S.C12H9FN4O3S/c1-23(2,3)33-22(30)28-9-5-6-15(13-28)10-17-19(34(4,31)32)12-26-21(27-17)18-11-25-20-8-7-16(24)14-29(18)20;1-27(25,26)16-10-22-18(23-14(16)7-12-3-2-6-20-8-12)15-9-21-17-5-4-13(19)11-24(15)17;1-21(19,20)9-5-15-11(16-12(9)18)8-4-14-10-3-2-7(13)6-17(8)10/h7-8,11-12,14-15H,5-6,9-10,13H2,1-4H3;4-5,9-12,20H,2-3,6-8H2,1H3;2-6H,1H3,(H,15,16,18)/t15-;12-;/m00./s1. The molecule has 2 atom stereocenters. The van der Waals surface area contributed by atoms with Crippen LogP contribution >= 0.6 is 0 Å². The Bertz CT molecular complexity index is 4290. The van der Waals surface area contributed by atoms with Gasteiger partial charge in [-0.3, -0.25) is 18.0 Å². The highest BCUT2D eigenvalue weighted by molar-refractivity contribution is 7.91. The number of hydrogen-bond donors (Lipinski definition) is 2. The first-order valence-corrected chi connectivity index (χ1v) is 31.3. The van der Waals surface area contributed by atoms with Crippen molar-refractivity contribution in [2.75, 3.05) is 44.9 Å². The first-order chi connectivity index (χ1) is 38.7. The van der Waals surface area contributed by atoms with Crippen LogP contribution < -0.4 is 10.9 Å². The molecule has 2 N–H and O–H groups in total. The number of H-pyrrole nitrogens is 1. The van der Waals surface area contributed by atoms with E-state index < -0.39 is 63.0 Å². The fourth-order valence-electron chi connectivity index (χ4n) is 9.49. The molecule has 2 aliphatic heterocycles. The Labute approximate surface area is 468 Å². The number of pyridine rings is 3. The molecule has 0 bridgehead atoms. The van der Waals surface area contributed by atoms with E-state index in [9.17, 15) is 48.0 Å². The number of ether oxygens (including phenoxy) is 1. The van der Waals surface area contributed by atoms with Crippen molar-refractivity contribution in [2.24, 2.45) is 11.8 Å². The second kappa shape index (κ2) is 23.5. The Kier molecular flexibility index (Phi) is 16.8. The predicted molar refractivity (Wildman–Crippen MR) is 294 cm³/mol. The summed E-state index contributed by atoms with van der Waals surface area (Å²) in [6, 6.07) is 8.49. The lowest BCUT2D eigenvalue weighted by atomic mass is 9.93. The number of carbonyl (C=O) groups is 1. The molecule has 9 aromatic rings. The molecule has 0 aromatic carbocycles. The number of nitrogens with zero attached hydrogens (tertiary/aromatic N) is 12. The minimum Gasteiger partial charge on any atom is -0.444 e. The highest BCUT2D eigenvalue weighted by Crippen LogP contribution is 2.29. The van der Waals surface area contributed by atoms with Gasteiger partial charge in [0.15, 0.2) is 47.0 Å². The number of sulfone groups is 3. The summed E-state index contributed by atoms with van der Waals surface area (Å²) in [5.74, 6) is -0.306. The van der Waals surface area contributed by atoms with E-state index in [4.69, 9.17) is 4.74 Å². The molecule has 23 nitrogen and oxygen atoms in total. The number of amides is 1. The van der Waals surface area contributed by atoms with Crippen LogP contribution in [0.3, 0.4) is 0 Å². The van der Waals surface area contributed by atoms with E-state index in [0.717, 1.165) is 63.7 Å². The van der Waals surface area contributed by atoms with E-state index in [1.165, 1.54) is 82.5 Å². The summed E-state index contributed by atoms with van der Waals surface area (Å²) in [6.45, 7) is 8.31. The molecule has 0 unspecified atom stereocenters. The lowest BCUT2D eigenvalue weighted by Crippen LogP contribution is -2.43. The SMILES string of the molecule is CC(C)(C)OC(=O)N1CCC[C@@H](Cc2nc(-c3cnc4ccc(F)cn34)ncc2S(C)(=O)=O)C1.CS(=O)(=O)c1cnc(-c2cnc3ccc(F)cn23)[nH]c1=O.CS(=O)(=O)c1cnc(-c2cnc3ccc(F)cn23)nc1C[C@@H]1CCCNC1. The Morgan fingerprint density at radius 3 is 1.51 bits per heavy atom. The Hall–Kier alpha value is -8.02. The van der Waals surface area contributed by atoms with Gasteiger partial charge in [-0.1, -0.05) is 0 Å². The number of nitrogens with one attached hydrogen (secondary N) is 2. The minimum absolute atomic E-state index is 0.00384. The highest BCUT2D eigenvalue weighted by atomic mass is 32.2. The van der Waals surface area contributed by atoms with Crippen molar-refractivity contribution in [1.82, 2.24) is 68.3 Å². The van der Waals surface area contributed by atoms with Crippen LogP contribution in [0.15, 0.2) is 112 Å². The normalized spacial score (nSPS) is 16.1. The van der Waals surface area contributed by atoms with Crippen molar-refractivity contribution >= 4 is 52.5 Å². The van der Waals surface area contributed by atoms with Gasteiger partial charge in [-0.2, -0.15) is 0 Å². The maximum Gasteiger partial charge on any atom is 0.410 e. The molecule has 2 fully saturated rings. The van der Waals surface area contributed by atoms with Gasteiger partial charge in [0.05, 0.1) is 36.2 Å². The zero-order valence-electron chi connectivity index (χ0n) is 45.3. The summed E-state index contributed by atoms with van der Waals surface area (Å²) in [6.07, 6.45) is 19.3. The summed E-state index contributed by atoms with van der Waals surface area (Å²) < 4.78 is 123. The number of rotatable bonds is 10. The smallest absolute Gasteiger partial charge is 0.410 e. The van der Waals surface area contributed by atoms with Gasteiger partial charge in [0.1, 0.15) is 71.8 Å². The monoisotopic (exact) mass is 1190 g/mol. The molecule has 0 saturated carbocycles. The molecular weight excluding hydrogens is 1130 g/mol. The summed E-state index contributed by atoms with van der Waals surface area (Å²) >= 11 is 0. The van der Waals surface area contributed by atoms with Crippen molar-refractivity contribution in [1.29, 1.82) is 0 Å². The number of carbonyl (C=O) groups excluding carboxylic acids is 1. The van der Waals surface area contributed by atoms with Gasteiger partial charge in [0, 0.05) is 62.8 Å². The van der Waals surface area contributed by atoms with Gasteiger partial charge >= 0.3 is 6.09 Å². The number of halogens is 3. The van der Waals surface area contributed by atoms with E-state index in [1.807, 2.05) is 20.8 Å². The van der Waals surface area contributed by atoms with Gasteiger partial charge in [0.2, 0.25) is 0 Å². The number of piperidine rings is 2. The maximum atomic E-state index is 13.8. The molecule has 1 amide bonds. The lowest BCUT2D eigenvalue weighted by Gasteiger charge is -2.34. The summed E-state index contributed by atoms with van der Waals surface area (Å²) in [7, 11) is -10.7. The number of aromatic amines is 1. The van der Waals surface area contributed by atoms with Gasteiger partial charge in [-0.15, -0.1) is 0 Å². The molecule has 2 aliphatic rings. The zero-order chi connectivity index (χ0) is 58.9. The molecule has 0 radical (unpaired) electrons. The van der Waals surface area contributed by atoms with Crippen LogP contribution in [0.2, 0.25) is 0 Å². The average Bonchev–Trinajstić information content (AvgIpc) is 3.80. The van der Waals surface area contributed by atoms with Crippen LogP contribution in [0.5, 0.6) is 0 Å². The summed E-state index contributed by atoms with van der Waals surface area (Å²) in [5.41, 5.74) is 2.38. The molecule has 2 saturated heterocycles. The van der Waals surface area contributed by atoms with E-state index in [0.29, 0.717) is 83.1 Å². The van der Waals surface area contributed by atoms with Crippen molar-refractivity contribution in [3.05, 3.63) is 131 Å². The molecule has 432 valence electrons. The second-order valence-corrected chi connectivity index (χ2v) is 26.9. The molecule has 11 rings (SSSR count). The van der Waals surface area contributed by atoms with Gasteiger partial charge in [-0.05, 0) is 121 Å². The number of hydrogen-bond acceptors (Lipinski definition) is 18. The average molecular weight is 1190 g/mol. The number of aromatic nitrogens is 12. The van der Waals surface area contributed by atoms with Crippen molar-refractivity contribution in [3.8, 4) is 34.6 Å². The molecular formula is C53H57F3N14O9S3. The van der Waals surface area contributed by atoms with Gasteiger partial charge in [-0.25, -0.2) is 83.1 Å². The van der Waals surface area contributed by atoms with Crippen LogP contribution in [-0.2, 0) is 47.1 Å². The van der Waals surface area contributed by atoms with Crippen LogP contribution in [0.1, 0.15) is 57.8 Å². The molecule has 0 aliphatic carbocycles. The highest BCUT2D eigenvalue weighted by Gasteiger charge is 2.30. The molecule has 82 heavy (non-hydrogen) atoms. The van der Waals surface area contributed by atoms with Gasteiger partial charge < -0.3 is 19.9 Å². The Morgan fingerprint density at radius 2 is 1.06 bits per heavy atom. The third-order valence-corrected chi connectivity index (χ3v) is 16.6. The first kappa shape index (κ1) is 58.6. The van der Waals surface area contributed by atoms with E-state index in [2.05, 4.69) is 50.2 Å². The fraction of sp³-hybridized carbons (Fsp3) is 0.358. The minimum atomic E-state index is -3.66. The lowest BCUT2D eigenvalue weighted by molar-refractivity contribution is 0.0165. The number of fused-ring (bicyclic) bond motifs is 3. The quantitative estimate of drug-likeness (QED) is 0.158. The molecule has 11 heterocycles. The molecule has 0 spiro atoms. The summed E-state index contributed by atoms with van der Waals surface area (Å²) in [5, 5.41) is 3.34. The summed E-state index contributed by atoms with van der Waals surface area (Å²) in [4.78, 5) is 62.2. The van der Waals surface area contributed by atoms with E-state index in [-0.39, 0.29) is 33.5 Å². The third-order valence-electron chi connectivity index (χ3n) is 13.3. The van der Waals surface area contributed by atoms with Crippen LogP contribution in [0.4, 0.5) is 18.0 Å². The molecule has 9 aromatic heterocycles. The van der Waals surface area contributed by atoms with Crippen molar-refractivity contribution in [2.45, 2.75) is 79.6 Å². The maximum absolute atomic E-state index is 13.8. The predicted octanol–water partition coefficient (Wildman–Crippen LogP) is 6.03. The van der Waals surface area contributed by atoms with Crippen molar-refractivity contribution < 1.29 is 48.0 Å². The second-order valence-electron chi connectivity index (χ2n) is 21.0. The van der Waals surface area contributed by atoms with E-state index >= 15 is 0 Å². The Morgan fingerprint density at radius 1 is 0.610 bits per heavy atom.